The molecule has 1 atom stereocenters. The Hall–Kier alpha value is -2.32. The van der Waals surface area contributed by atoms with Crippen LogP contribution in [-0.4, -0.2) is 11.7 Å². The zero-order valence-electron chi connectivity index (χ0n) is 10.2. The van der Waals surface area contributed by atoms with E-state index in [0.29, 0.717) is 11.3 Å². The molecule has 2 rings (SSSR count). The Morgan fingerprint density at radius 2 is 2.17 bits per heavy atom. The normalized spacial score (nSPS) is 12.1. The minimum Gasteiger partial charge on any atom is -0.497 e. The molecule has 0 amide bonds. The van der Waals surface area contributed by atoms with Gasteiger partial charge in [0.05, 0.1) is 18.7 Å². The van der Waals surface area contributed by atoms with Crippen molar-refractivity contribution in [2.24, 2.45) is 12.8 Å². The maximum absolute atomic E-state index is 12.0. The zero-order chi connectivity index (χ0) is 13.3. The van der Waals surface area contributed by atoms with Crippen molar-refractivity contribution in [3.63, 3.8) is 0 Å². The number of nitrogens with two attached hydrogens (primary N) is 1. The molecule has 1 heterocycles. The van der Waals surface area contributed by atoms with E-state index in [0.717, 1.165) is 10.9 Å². The van der Waals surface area contributed by atoms with Crippen LogP contribution in [0.2, 0.25) is 0 Å². The maximum Gasteiger partial charge on any atom is 0.256 e. The third-order valence-corrected chi connectivity index (χ3v) is 2.93. The second-order valence-electron chi connectivity index (χ2n) is 4.00. The molecule has 5 nitrogen and oxygen atoms in total. The van der Waals surface area contributed by atoms with Crippen LogP contribution < -0.4 is 16.0 Å². The van der Waals surface area contributed by atoms with Crippen molar-refractivity contribution in [2.75, 3.05) is 7.11 Å². The van der Waals surface area contributed by atoms with Gasteiger partial charge >= 0.3 is 0 Å². The summed E-state index contributed by atoms with van der Waals surface area (Å²) in [6.45, 7) is 0. The van der Waals surface area contributed by atoms with Gasteiger partial charge in [0, 0.05) is 18.0 Å². The molecule has 2 N–H and O–H groups in total. The first-order chi connectivity index (χ1) is 8.58. The molecule has 0 spiro atoms. The highest BCUT2D eigenvalue weighted by Gasteiger charge is 2.13. The van der Waals surface area contributed by atoms with E-state index < -0.39 is 6.04 Å². The molecule has 1 unspecified atom stereocenters. The molecule has 0 aliphatic carbocycles. The average molecular weight is 243 g/mol. The van der Waals surface area contributed by atoms with E-state index in [1.165, 1.54) is 4.57 Å². The molecule has 18 heavy (non-hydrogen) atoms. The summed E-state index contributed by atoms with van der Waals surface area (Å²) in [6.07, 6.45) is 0. The van der Waals surface area contributed by atoms with Crippen molar-refractivity contribution in [1.82, 2.24) is 4.57 Å². The highest BCUT2D eigenvalue weighted by molar-refractivity contribution is 5.81. The number of benzene rings is 1. The average Bonchev–Trinajstić information content (AvgIpc) is 2.41. The summed E-state index contributed by atoms with van der Waals surface area (Å²) in [5.74, 6) is 0.692. The first-order valence-electron chi connectivity index (χ1n) is 5.41. The molecule has 0 aliphatic rings. The lowest BCUT2D eigenvalue weighted by Gasteiger charge is -2.10. The van der Waals surface area contributed by atoms with Crippen LogP contribution in [0, 0.1) is 11.3 Å². The number of nitriles is 1. The quantitative estimate of drug-likeness (QED) is 0.855. The molecule has 0 saturated heterocycles. The van der Waals surface area contributed by atoms with Crippen molar-refractivity contribution in [2.45, 2.75) is 6.04 Å². The van der Waals surface area contributed by atoms with E-state index in [2.05, 4.69) is 0 Å². The lowest BCUT2D eigenvalue weighted by Crippen LogP contribution is -2.26. The van der Waals surface area contributed by atoms with Crippen LogP contribution in [0.4, 0.5) is 0 Å². The first-order valence-corrected chi connectivity index (χ1v) is 5.41. The van der Waals surface area contributed by atoms with Gasteiger partial charge in [0.2, 0.25) is 0 Å². The summed E-state index contributed by atoms with van der Waals surface area (Å²) in [5.41, 5.74) is 6.44. The summed E-state index contributed by atoms with van der Waals surface area (Å²) in [7, 11) is 3.23. The van der Waals surface area contributed by atoms with Crippen LogP contribution >= 0.6 is 0 Å². The fourth-order valence-electron chi connectivity index (χ4n) is 1.91. The molecule has 0 fully saturated rings. The van der Waals surface area contributed by atoms with Crippen molar-refractivity contribution >= 4 is 10.9 Å². The van der Waals surface area contributed by atoms with Crippen LogP contribution in [0.1, 0.15) is 11.6 Å². The number of ether oxygens (including phenoxy) is 1. The van der Waals surface area contributed by atoms with Crippen LogP contribution in [0.5, 0.6) is 5.75 Å². The van der Waals surface area contributed by atoms with Gasteiger partial charge in [0.15, 0.2) is 0 Å². The van der Waals surface area contributed by atoms with Gasteiger partial charge in [-0.05, 0) is 24.3 Å². The Morgan fingerprint density at radius 3 is 2.78 bits per heavy atom. The van der Waals surface area contributed by atoms with E-state index in [-0.39, 0.29) is 5.56 Å². The number of aromatic nitrogens is 1. The van der Waals surface area contributed by atoms with Gasteiger partial charge in [-0.1, -0.05) is 0 Å². The summed E-state index contributed by atoms with van der Waals surface area (Å²) in [6, 6.07) is 8.00. The second kappa shape index (κ2) is 4.51. The van der Waals surface area contributed by atoms with Crippen LogP contribution in [-0.2, 0) is 7.05 Å². The van der Waals surface area contributed by atoms with Gasteiger partial charge in [0.25, 0.3) is 5.56 Å². The highest BCUT2D eigenvalue weighted by Crippen LogP contribution is 2.21. The topological polar surface area (TPSA) is 81.0 Å². The fourth-order valence-corrected chi connectivity index (χ4v) is 1.91. The Kier molecular flexibility index (Phi) is 3.04. The number of rotatable bonds is 2. The van der Waals surface area contributed by atoms with Gasteiger partial charge in [-0.2, -0.15) is 5.26 Å². The lowest BCUT2D eigenvalue weighted by atomic mass is 10.1. The zero-order valence-corrected chi connectivity index (χ0v) is 10.2. The Balaban J connectivity index is 2.81. The molecule has 92 valence electrons. The lowest BCUT2D eigenvalue weighted by molar-refractivity contribution is 0.415. The number of hydrogen-bond donors (Lipinski definition) is 1. The van der Waals surface area contributed by atoms with Gasteiger partial charge in [-0.25, -0.2) is 0 Å². The molecule has 0 radical (unpaired) electrons. The van der Waals surface area contributed by atoms with Crippen molar-refractivity contribution in [1.29, 1.82) is 5.26 Å². The van der Waals surface area contributed by atoms with Gasteiger partial charge in [-0.3, -0.25) is 4.79 Å². The van der Waals surface area contributed by atoms with Gasteiger partial charge in [0.1, 0.15) is 11.8 Å². The molecular formula is C13H13N3O2. The van der Waals surface area contributed by atoms with Crippen molar-refractivity contribution < 1.29 is 4.74 Å². The van der Waals surface area contributed by atoms with Crippen LogP contribution in [0.3, 0.4) is 0 Å². The standard InChI is InChI=1S/C13H13N3O2/c1-16-12-4-3-9(18-2)5-8(12)6-10(13(16)17)11(15)7-14/h3-6,11H,15H2,1-2H3. The van der Waals surface area contributed by atoms with E-state index in [1.54, 1.807) is 32.4 Å². The first kappa shape index (κ1) is 12.1. The number of fused-ring (bicyclic) bond motifs is 1. The largest absolute Gasteiger partial charge is 0.497 e. The molecule has 0 bridgehead atoms. The number of hydrogen-bond acceptors (Lipinski definition) is 4. The van der Waals surface area contributed by atoms with Gasteiger partial charge in [-0.15, -0.1) is 0 Å². The monoisotopic (exact) mass is 243 g/mol. The molecule has 1 aromatic carbocycles. The third-order valence-electron chi connectivity index (χ3n) is 2.93. The number of nitrogens with zero attached hydrogens (tertiary/aromatic N) is 2. The van der Waals surface area contributed by atoms with E-state index in [1.807, 2.05) is 12.1 Å². The fraction of sp³-hybridized carbons (Fsp3) is 0.231. The summed E-state index contributed by atoms with van der Waals surface area (Å²) < 4.78 is 6.62. The second-order valence-corrected chi connectivity index (χ2v) is 4.00. The number of aryl methyl sites for hydroxylation is 1. The summed E-state index contributed by atoms with van der Waals surface area (Å²) in [5, 5.41) is 9.65. The Bertz CT molecular complexity index is 698. The molecule has 1 aromatic heterocycles. The van der Waals surface area contributed by atoms with E-state index in [9.17, 15) is 4.79 Å². The summed E-state index contributed by atoms with van der Waals surface area (Å²) in [4.78, 5) is 12.0. The predicted octanol–water partition coefficient (Wildman–Crippen LogP) is 1.07. The van der Waals surface area contributed by atoms with Crippen molar-refractivity contribution in [3.05, 3.63) is 40.2 Å². The minimum absolute atomic E-state index is 0.248. The van der Waals surface area contributed by atoms with E-state index >= 15 is 0 Å². The van der Waals surface area contributed by atoms with Gasteiger partial charge < -0.3 is 15.0 Å². The third kappa shape index (κ3) is 1.83. The molecule has 2 aromatic rings. The Labute approximate surface area is 104 Å². The number of pyridine rings is 1. The van der Waals surface area contributed by atoms with Crippen molar-refractivity contribution in [3.8, 4) is 11.8 Å². The summed E-state index contributed by atoms with van der Waals surface area (Å²) >= 11 is 0. The molecular weight excluding hydrogens is 230 g/mol. The van der Waals surface area contributed by atoms with Crippen LogP contribution in [0.25, 0.3) is 10.9 Å². The maximum atomic E-state index is 12.0. The Morgan fingerprint density at radius 1 is 1.44 bits per heavy atom. The smallest absolute Gasteiger partial charge is 0.256 e. The van der Waals surface area contributed by atoms with E-state index in [4.69, 9.17) is 15.7 Å². The minimum atomic E-state index is -0.917. The number of methoxy groups -OCH3 is 1. The molecule has 0 aliphatic heterocycles. The molecule has 0 saturated carbocycles. The molecule has 5 heteroatoms. The SMILES string of the molecule is COc1ccc2c(c1)cc(C(N)C#N)c(=O)n2C. The highest BCUT2D eigenvalue weighted by atomic mass is 16.5. The van der Waals surface area contributed by atoms with Crippen LogP contribution in [0.15, 0.2) is 29.1 Å². The predicted molar refractivity (Wildman–Crippen MR) is 68.3 cm³/mol.